The molecule has 1 heterocycles. The molecule has 0 atom stereocenters. The van der Waals surface area contributed by atoms with Crippen molar-refractivity contribution in [2.45, 2.75) is 6.54 Å². The van der Waals surface area contributed by atoms with Crippen molar-refractivity contribution in [1.29, 1.82) is 0 Å². The van der Waals surface area contributed by atoms with E-state index in [-0.39, 0.29) is 11.7 Å². The molecule has 2 N–H and O–H groups in total. The monoisotopic (exact) mass is 432 g/mol. The number of hydrogen-bond acceptors (Lipinski definition) is 4. The van der Waals surface area contributed by atoms with Crippen LogP contribution in [0.4, 0.5) is 16.0 Å². The van der Waals surface area contributed by atoms with Crippen molar-refractivity contribution >= 4 is 29.1 Å². The van der Waals surface area contributed by atoms with E-state index in [1.807, 2.05) is 12.1 Å². The van der Waals surface area contributed by atoms with Gasteiger partial charge in [0.15, 0.2) is 0 Å². The van der Waals surface area contributed by atoms with Crippen molar-refractivity contribution in [1.82, 2.24) is 15.3 Å². The van der Waals surface area contributed by atoms with Crippen LogP contribution in [0.3, 0.4) is 0 Å². The Bertz CT molecular complexity index is 1180. The fraction of sp³-hybridized carbons (Fsp3) is 0.0417. The lowest BCUT2D eigenvalue weighted by Gasteiger charge is -2.08. The maximum atomic E-state index is 13.4. The number of carbonyl (C=O) groups excluding carboxylic acids is 1. The summed E-state index contributed by atoms with van der Waals surface area (Å²) in [7, 11) is 0. The predicted molar refractivity (Wildman–Crippen MR) is 120 cm³/mol. The Morgan fingerprint density at radius 3 is 2.29 bits per heavy atom. The molecule has 154 valence electrons. The van der Waals surface area contributed by atoms with Crippen LogP contribution in [0.2, 0.25) is 5.02 Å². The average Bonchev–Trinajstić information content (AvgIpc) is 2.79. The number of rotatable bonds is 6. The van der Waals surface area contributed by atoms with Gasteiger partial charge in [-0.1, -0.05) is 35.9 Å². The molecule has 1 aromatic heterocycles. The third kappa shape index (κ3) is 5.43. The van der Waals surface area contributed by atoms with Gasteiger partial charge in [-0.3, -0.25) is 4.79 Å². The Morgan fingerprint density at radius 2 is 1.61 bits per heavy atom. The van der Waals surface area contributed by atoms with Crippen LogP contribution in [0.1, 0.15) is 15.9 Å². The van der Waals surface area contributed by atoms with Gasteiger partial charge >= 0.3 is 0 Å². The lowest BCUT2D eigenvalue weighted by atomic mass is 10.1. The van der Waals surface area contributed by atoms with Crippen molar-refractivity contribution < 1.29 is 9.18 Å². The number of aromatic nitrogens is 2. The summed E-state index contributed by atoms with van der Waals surface area (Å²) >= 11 is 5.87. The first-order valence-corrected chi connectivity index (χ1v) is 9.92. The minimum atomic E-state index is -0.308. The van der Waals surface area contributed by atoms with Gasteiger partial charge in [-0.25, -0.2) is 14.4 Å². The van der Waals surface area contributed by atoms with E-state index in [4.69, 9.17) is 11.6 Å². The van der Waals surface area contributed by atoms with Gasteiger partial charge < -0.3 is 10.6 Å². The van der Waals surface area contributed by atoms with Crippen LogP contribution >= 0.6 is 11.6 Å². The van der Waals surface area contributed by atoms with Gasteiger partial charge in [0.25, 0.3) is 5.91 Å². The minimum Gasteiger partial charge on any atom is -0.348 e. The topological polar surface area (TPSA) is 66.9 Å². The Kier molecular flexibility index (Phi) is 6.19. The highest BCUT2D eigenvalue weighted by Gasteiger charge is 2.07. The fourth-order valence-corrected chi connectivity index (χ4v) is 3.06. The van der Waals surface area contributed by atoms with Gasteiger partial charge in [0.1, 0.15) is 5.82 Å². The van der Waals surface area contributed by atoms with Crippen molar-refractivity contribution in [3.8, 4) is 11.1 Å². The number of amides is 1. The first kappa shape index (κ1) is 20.5. The van der Waals surface area contributed by atoms with Gasteiger partial charge in [-0.2, -0.15) is 0 Å². The van der Waals surface area contributed by atoms with Crippen LogP contribution in [0.25, 0.3) is 11.1 Å². The summed E-state index contributed by atoms with van der Waals surface area (Å²) in [5, 5.41) is 6.62. The smallest absolute Gasteiger partial charge is 0.251 e. The van der Waals surface area contributed by atoms with E-state index in [2.05, 4.69) is 20.6 Å². The second-order valence-electron chi connectivity index (χ2n) is 6.82. The SMILES string of the molecule is O=C(NCc1ccc(Cl)cc1)c1ccc(Nc2ncc(-c3cccc(F)c3)cn2)cc1. The number of anilines is 2. The zero-order chi connectivity index (χ0) is 21.6. The summed E-state index contributed by atoms with van der Waals surface area (Å²) in [5.41, 5.74) is 3.68. The van der Waals surface area contributed by atoms with E-state index in [9.17, 15) is 9.18 Å². The molecule has 7 heteroatoms. The molecule has 4 rings (SSSR count). The summed E-state index contributed by atoms with van der Waals surface area (Å²) in [6.07, 6.45) is 3.26. The van der Waals surface area contributed by atoms with Gasteiger partial charge in [-0.05, 0) is 59.7 Å². The maximum absolute atomic E-state index is 13.4. The van der Waals surface area contributed by atoms with Crippen LogP contribution in [-0.4, -0.2) is 15.9 Å². The highest BCUT2D eigenvalue weighted by molar-refractivity contribution is 6.30. The van der Waals surface area contributed by atoms with Crippen molar-refractivity contribution in [3.05, 3.63) is 107 Å². The highest BCUT2D eigenvalue weighted by Crippen LogP contribution is 2.20. The van der Waals surface area contributed by atoms with Gasteiger partial charge in [0.05, 0.1) is 0 Å². The van der Waals surface area contributed by atoms with Gasteiger partial charge in [0, 0.05) is 40.8 Å². The second-order valence-corrected chi connectivity index (χ2v) is 7.25. The summed E-state index contributed by atoms with van der Waals surface area (Å²) in [6.45, 7) is 0.418. The Morgan fingerprint density at radius 1 is 0.903 bits per heavy atom. The number of carbonyl (C=O) groups is 1. The van der Waals surface area contributed by atoms with E-state index in [1.165, 1.54) is 12.1 Å². The molecule has 1 amide bonds. The van der Waals surface area contributed by atoms with Crippen LogP contribution in [0.5, 0.6) is 0 Å². The van der Waals surface area contributed by atoms with E-state index < -0.39 is 0 Å². The van der Waals surface area contributed by atoms with Crippen LogP contribution in [0, 0.1) is 5.82 Å². The minimum absolute atomic E-state index is 0.169. The molecule has 0 bridgehead atoms. The third-order valence-corrected chi connectivity index (χ3v) is 4.83. The van der Waals surface area contributed by atoms with E-state index in [1.54, 1.807) is 60.9 Å². The highest BCUT2D eigenvalue weighted by atomic mass is 35.5. The molecule has 0 fully saturated rings. The summed E-state index contributed by atoms with van der Waals surface area (Å²) in [6, 6.07) is 20.6. The molecule has 0 aliphatic rings. The summed E-state index contributed by atoms with van der Waals surface area (Å²) < 4.78 is 13.4. The van der Waals surface area contributed by atoms with E-state index >= 15 is 0 Å². The Labute approximate surface area is 184 Å². The largest absolute Gasteiger partial charge is 0.348 e. The predicted octanol–water partition coefficient (Wildman–Crippen LogP) is 5.61. The van der Waals surface area contributed by atoms with Crippen LogP contribution < -0.4 is 10.6 Å². The third-order valence-electron chi connectivity index (χ3n) is 4.58. The van der Waals surface area contributed by atoms with Crippen molar-refractivity contribution in [2.24, 2.45) is 0 Å². The molecule has 0 aliphatic carbocycles. The maximum Gasteiger partial charge on any atom is 0.251 e. The molecular formula is C24H18ClFN4O. The normalized spacial score (nSPS) is 10.5. The zero-order valence-electron chi connectivity index (χ0n) is 16.3. The zero-order valence-corrected chi connectivity index (χ0v) is 17.1. The average molecular weight is 433 g/mol. The number of benzene rings is 3. The Hall–Kier alpha value is -3.77. The molecule has 0 saturated heterocycles. The quantitative estimate of drug-likeness (QED) is 0.415. The fourth-order valence-electron chi connectivity index (χ4n) is 2.93. The van der Waals surface area contributed by atoms with E-state index in [0.29, 0.717) is 28.6 Å². The standard InChI is InChI=1S/C24H18ClFN4O/c25-20-8-4-16(5-9-20)13-27-23(31)17-6-10-22(11-7-17)30-24-28-14-19(15-29-24)18-2-1-3-21(26)12-18/h1-12,14-15H,13H2,(H,27,31)(H,28,29,30). The lowest BCUT2D eigenvalue weighted by molar-refractivity contribution is 0.0951. The van der Waals surface area contributed by atoms with Gasteiger partial charge in [-0.15, -0.1) is 0 Å². The Balaban J connectivity index is 1.35. The van der Waals surface area contributed by atoms with Crippen LogP contribution in [-0.2, 0) is 6.54 Å². The van der Waals surface area contributed by atoms with Crippen LogP contribution in [0.15, 0.2) is 85.2 Å². The molecule has 0 aliphatic heterocycles. The number of halogens is 2. The molecule has 0 saturated carbocycles. The molecule has 0 unspecified atom stereocenters. The molecular weight excluding hydrogens is 415 g/mol. The number of nitrogens with zero attached hydrogens (tertiary/aromatic N) is 2. The summed E-state index contributed by atoms with van der Waals surface area (Å²) in [5.74, 6) is -0.0747. The molecule has 31 heavy (non-hydrogen) atoms. The number of nitrogens with one attached hydrogen (secondary N) is 2. The molecule has 5 nitrogen and oxygen atoms in total. The van der Waals surface area contributed by atoms with Crippen molar-refractivity contribution in [2.75, 3.05) is 5.32 Å². The molecule has 3 aromatic carbocycles. The molecule has 0 spiro atoms. The molecule has 4 aromatic rings. The van der Waals surface area contributed by atoms with E-state index in [0.717, 1.165) is 16.8 Å². The second kappa shape index (κ2) is 9.36. The van der Waals surface area contributed by atoms with Gasteiger partial charge in [0.2, 0.25) is 5.95 Å². The molecule has 0 radical (unpaired) electrons. The van der Waals surface area contributed by atoms with Crippen molar-refractivity contribution in [3.63, 3.8) is 0 Å². The lowest BCUT2D eigenvalue weighted by Crippen LogP contribution is -2.22. The first-order chi connectivity index (χ1) is 15.1. The summed E-state index contributed by atoms with van der Waals surface area (Å²) in [4.78, 5) is 20.9. The first-order valence-electron chi connectivity index (χ1n) is 9.54. The number of hydrogen-bond donors (Lipinski definition) is 2.